The molecule has 0 amide bonds. The summed E-state index contributed by atoms with van der Waals surface area (Å²) in [6.07, 6.45) is -0.0490. The van der Waals surface area contributed by atoms with Crippen LogP contribution < -0.4 is 4.57 Å². The van der Waals surface area contributed by atoms with E-state index in [9.17, 15) is 14.4 Å². The number of hydrogen-bond acceptors (Lipinski definition) is 9. The van der Waals surface area contributed by atoms with Crippen molar-refractivity contribution in [3.63, 3.8) is 0 Å². The molecular weight excluding hydrogens is 488 g/mol. The molecule has 1 aliphatic heterocycles. The number of nitrogens with zero attached hydrogens (tertiary/aromatic N) is 2. The van der Waals surface area contributed by atoms with Gasteiger partial charge in [-0.05, 0) is 45.3 Å². The van der Waals surface area contributed by atoms with Crippen LogP contribution in [0.3, 0.4) is 0 Å². The van der Waals surface area contributed by atoms with Gasteiger partial charge in [-0.2, -0.15) is 4.57 Å². The Labute approximate surface area is 208 Å². The summed E-state index contributed by atoms with van der Waals surface area (Å²) < 4.78 is 35.2. The molecule has 35 heavy (non-hydrogen) atoms. The van der Waals surface area contributed by atoms with Crippen molar-refractivity contribution in [2.45, 2.75) is 84.6 Å². The molecule has 0 aliphatic carbocycles. The van der Waals surface area contributed by atoms with Gasteiger partial charge in [0.2, 0.25) is 14.4 Å². The first-order valence-electron chi connectivity index (χ1n) is 11.5. The molecule has 12 heteroatoms. The van der Waals surface area contributed by atoms with Crippen LogP contribution in [0.15, 0.2) is 29.2 Å². The van der Waals surface area contributed by atoms with Crippen molar-refractivity contribution >= 4 is 40.4 Å². The lowest BCUT2D eigenvalue weighted by molar-refractivity contribution is -0.765. The summed E-state index contributed by atoms with van der Waals surface area (Å²) >= 11 is 0. The molecule has 0 N–H and O–H groups in total. The Hall–Kier alpha value is -2.58. The number of carbonyl (C=O) groups is 3. The molecule has 0 bridgehead atoms. The van der Waals surface area contributed by atoms with Crippen molar-refractivity contribution in [2.75, 3.05) is 6.61 Å². The quantitative estimate of drug-likeness (QED) is 0.127. The SMILES string of the molecule is CC(=O)OC[C@H]1O[C@@H]([n+]2cccc(/C(=N/[Si](C)(C)C)O[Si](C)(C)C)c2)[C@@H](OC(C)=O)C1OC(C)=O. The molecule has 1 saturated heterocycles. The molecule has 2 rings (SSSR count). The Balaban J connectivity index is 2.52. The molecule has 1 aliphatic rings. The molecule has 1 fully saturated rings. The van der Waals surface area contributed by atoms with E-state index in [4.69, 9.17) is 28.0 Å². The molecule has 1 aromatic rings. The average Bonchev–Trinajstić information content (AvgIpc) is 3.00. The van der Waals surface area contributed by atoms with E-state index in [1.165, 1.54) is 20.8 Å². The molecule has 10 nitrogen and oxygen atoms in total. The third-order valence-electron chi connectivity index (χ3n) is 4.54. The highest BCUT2D eigenvalue weighted by Gasteiger charge is 2.54. The Morgan fingerprint density at radius 1 is 0.971 bits per heavy atom. The molecule has 1 unspecified atom stereocenters. The number of aromatic nitrogens is 1. The first-order chi connectivity index (χ1) is 16.1. The van der Waals surface area contributed by atoms with Gasteiger partial charge in [-0.1, -0.05) is 0 Å². The summed E-state index contributed by atoms with van der Waals surface area (Å²) in [5.41, 5.74) is 0.745. The van der Waals surface area contributed by atoms with Crippen LogP contribution in [0.1, 0.15) is 32.6 Å². The summed E-state index contributed by atoms with van der Waals surface area (Å²) in [6.45, 7) is 16.3. The summed E-state index contributed by atoms with van der Waals surface area (Å²) in [6, 6.07) is 3.71. The lowest BCUT2D eigenvalue weighted by atomic mass is 10.1. The summed E-state index contributed by atoms with van der Waals surface area (Å²) in [5.74, 6) is -1.08. The summed E-state index contributed by atoms with van der Waals surface area (Å²) in [7, 11) is -3.85. The van der Waals surface area contributed by atoms with Gasteiger partial charge in [-0.15, -0.1) is 0 Å². The van der Waals surface area contributed by atoms with Gasteiger partial charge in [-0.3, -0.25) is 19.0 Å². The fourth-order valence-corrected chi connectivity index (χ4v) is 5.07. The highest BCUT2D eigenvalue weighted by atomic mass is 28.4. The fraction of sp³-hybridized carbons (Fsp3) is 0.609. The van der Waals surface area contributed by atoms with Crippen LogP contribution in [0.4, 0.5) is 0 Å². The van der Waals surface area contributed by atoms with Crippen LogP contribution >= 0.6 is 0 Å². The summed E-state index contributed by atoms with van der Waals surface area (Å²) in [4.78, 5) is 35.1. The maximum absolute atomic E-state index is 11.9. The smallest absolute Gasteiger partial charge is 0.304 e. The van der Waals surface area contributed by atoms with Crippen LogP contribution in [-0.2, 0) is 37.8 Å². The van der Waals surface area contributed by atoms with Crippen molar-refractivity contribution in [1.82, 2.24) is 0 Å². The number of pyridine rings is 1. The van der Waals surface area contributed by atoms with E-state index in [2.05, 4.69) is 39.3 Å². The predicted octanol–water partition coefficient (Wildman–Crippen LogP) is 2.73. The Morgan fingerprint density at radius 2 is 1.57 bits per heavy atom. The average molecular weight is 526 g/mol. The van der Waals surface area contributed by atoms with Crippen LogP contribution in [0.2, 0.25) is 39.3 Å². The number of esters is 3. The molecule has 0 aromatic carbocycles. The number of carbonyl (C=O) groups excluding carboxylic acids is 3. The van der Waals surface area contributed by atoms with Crippen molar-refractivity contribution in [3.05, 3.63) is 30.1 Å². The number of hydrogen-bond donors (Lipinski definition) is 0. The molecule has 0 spiro atoms. The van der Waals surface area contributed by atoms with Crippen LogP contribution in [0, 0.1) is 0 Å². The van der Waals surface area contributed by atoms with E-state index >= 15 is 0 Å². The second-order valence-electron chi connectivity index (χ2n) is 10.4. The van der Waals surface area contributed by atoms with Gasteiger partial charge in [0, 0.05) is 26.8 Å². The Kier molecular flexibility index (Phi) is 9.37. The second-order valence-corrected chi connectivity index (χ2v) is 19.4. The van der Waals surface area contributed by atoms with E-state index in [-0.39, 0.29) is 6.61 Å². The topological polar surface area (TPSA) is 114 Å². The van der Waals surface area contributed by atoms with E-state index in [1.54, 1.807) is 17.0 Å². The van der Waals surface area contributed by atoms with E-state index < -0.39 is 59.0 Å². The van der Waals surface area contributed by atoms with Gasteiger partial charge in [0.1, 0.15) is 12.7 Å². The van der Waals surface area contributed by atoms with Crippen molar-refractivity contribution in [2.24, 2.45) is 4.66 Å². The maximum atomic E-state index is 11.9. The molecule has 0 saturated carbocycles. The molecule has 1 aromatic heterocycles. The third kappa shape index (κ3) is 9.18. The van der Waals surface area contributed by atoms with Gasteiger partial charge in [0.05, 0.1) is 5.56 Å². The first-order valence-corrected chi connectivity index (χ1v) is 18.3. The largest absolute Gasteiger partial charge is 0.532 e. The van der Waals surface area contributed by atoms with Gasteiger partial charge in [0.15, 0.2) is 32.6 Å². The van der Waals surface area contributed by atoms with Gasteiger partial charge in [0.25, 0.3) is 0 Å². The molecule has 2 heterocycles. The summed E-state index contributed by atoms with van der Waals surface area (Å²) in [5, 5.41) is 0. The normalized spacial score (nSPS) is 22.9. The van der Waals surface area contributed by atoms with Gasteiger partial charge in [-0.25, -0.2) is 0 Å². The van der Waals surface area contributed by atoms with Crippen molar-refractivity contribution in [3.8, 4) is 0 Å². The number of rotatable bonds is 8. The van der Waals surface area contributed by atoms with E-state index in [0.29, 0.717) is 5.90 Å². The predicted molar refractivity (Wildman–Crippen MR) is 133 cm³/mol. The Bertz CT molecular complexity index is 971. The van der Waals surface area contributed by atoms with E-state index in [1.807, 2.05) is 12.1 Å². The Morgan fingerprint density at radius 3 is 2.09 bits per heavy atom. The monoisotopic (exact) mass is 525 g/mol. The zero-order chi connectivity index (χ0) is 26.6. The number of ether oxygens (including phenoxy) is 4. The standard InChI is InChI=1S/C23H37N2O8Si2/c1-15(26)29-14-19-20(30-16(2)27)21(31-17(3)28)23(32-19)25-12-10-11-18(13-25)22(24-34(4,5)6)33-35(7,8)9/h10-13,19-21,23H,14H2,1-9H3/q+1/b24-22-/t19-,20?,21+,23-/m1/s1. The molecule has 4 atom stereocenters. The highest BCUT2D eigenvalue weighted by Crippen LogP contribution is 2.31. The van der Waals surface area contributed by atoms with Crippen molar-refractivity contribution < 1.29 is 42.3 Å². The fourth-order valence-electron chi connectivity index (χ4n) is 3.45. The maximum Gasteiger partial charge on any atom is 0.304 e. The minimum Gasteiger partial charge on any atom is -0.532 e. The second kappa shape index (κ2) is 11.4. The van der Waals surface area contributed by atoms with Crippen LogP contribution in [0.5, 0.6) is 0 Å². The van der Waals surface area contributed by atoms with Gasteiger partial charge >= 0.3 is 24.1 Å². The minimum atomic E-state index is -1.97. The molecule has 0 radical (unpaired) electrons. The van der Waals surface area contributed by atoms with Gasteiger partial charge < -0.3 is 23.4 Å². The van der Waals surface area contributed by atoms with Crippen molar-refractivity contribution in [1.29, 1.82) is 0 Å². The highest BCUT2D eigenvalue weighted by molar-refractivity contribution is 6.76. The lowest BCUT2D eigenvalue weighted by Crippen LogP contribution is -2.49. The van der Waals surface area contributed by atoms with Crippen LogP contribution in [-0.4, -0.2) is 65.3 Å². The molecule has 194 valence electrons. The van der Waals surface area contributed by atoms with Crippen LogP contribution in [0.25, 0.3) is 0 Å². The minimum absolute atomic E-state index is 0.164. The lowest BCUT2D eigenvalue weighted by Gasteiger charge is -2.23. The zero-order valence-electron chi connectivity index (χ0n) is 22.0. The zero-order valence-corrected chi connectivity index (χ0v) is 24.0. The van der Waals surface area contributed by atoms with E-state index in [0.717, 1.165) is 5.56 Å². The molecular formula is C23H37N2O8Si2+. The first kappa shape index (κ1) is 28.7. The third-order valence-corrected chi connectivity index (χ3v) is 6.22.